The van der Waals surface area contributed by atoms with Gasteiger partial charge in [0.25, 0.3) is 5.91 Å². The third-order valence-electron chi connectivity index (χ3n) is 3.38. The first kappa shape index (κ1) is 17.2. The maximum atomic E-state index is 12.3. The third-order valence-corrected chi connectivity index (χ3v) is 4.36. The molecule has 4 nitrogen and oxygen atoms in total. The fourth-order valence-electron chi connectivity index (χ4n) is 2.18. The average molecular weight is 385 g/mol. The van der Waals surface area contributed by atoms with Crippen LogP contribution in [0.5, 0.6) is 5.75 Å². The molecular formula is C16H21BrN2O2S. The predicted octanol–water partition coefficient (Wildman–Crippen LogP) is 3.59. The van der Waals surface area contributed by atoms with Gasteiger partial charge in [0.1, 0.15) is 5.75 Å². The lowest BCUT2D eigenvalue weighted by molar-refractivity contribution is 0.0974. The Morgan fingerprint density at radius 2 is 2.09 bits per heavy atom. The normalized spacial score (nSPS) is 14.3. The SMILES string of the molecule is CC(C)COc1ccc(C(=O)NC(=S)N2CCCC2)cc1Br. The van der Waals surface area contributed by atoms with E-state index < -0.39 is 0 Å². The van der Waals surface area contributed by atoms with Crippen LogP contribution in [0.15, 0.2) is 22.7 Å². The highest BCUT2D eigenvalue weighted by Gasteiger charge is 2.18. The fourth-order valence-corrected chi connectivity index (χ4v) is 2.95. The van der Waals surface area contributed by atoms with Crippen molar-refractivity contribution in [3.05, 3.63) is 28.2 Å². The first-order chi connectivity index (χ1) is 10.5. The summed E-state index contributed by atoms with van der Waals surface area (Å²) in [7, 11) is 0. The summed E-state index contributed by atoms with van der Waals surface area (Å²) >= 11 is 8.73. The molecule has 1 amide bonds. The Morgan fingerprint density at radius 3 is 2.68 bits per heavy atom. The number of hydrogen-bond donors (Lipinski definition) is 1. The Labute approximate surface area is 145 Å². The van der Waals surface area contributed by atoms with E-state index in [1.54, 1.807) is 18.2 Å². The highest BCUT2D eigenvalue weighted by Crippen LogP contribution is 2.26. The lowest BCUT2D eigenvalue weighted by Gasteiger charge is -2.19. The van der Waals surface area contributed by atoms with E-state index in [2.05, 4.69) is 35.1 Å². The molecule has 0 radical (unpaired) electrons. The maximum absolute atomic E-state index is 12.3. The van der Waals surface area contributed by atoms with E-state index in [1.807, 2.05) is 4.90 Å². The number of halogens is 1. The van der Waals surface area contributed by atoms with Crippen LogP contribution in [0.25, 0.3) is 0 Å². The smallest absolute Gasteiger partial charge is 0.257 e. The topological polar surface area (TPSA) is 41.6 Å². The van der Waals surface area contributed by atoms with E-state index in [1.165, 1.54) is 0 Å². The molecule has 1 aromatic carbocycles. The minimum atomic E-state index is -0.187. The number of nitrogens with one attached hydrogen (secondary N) is 1. The van der Waals surface area contributed by atoms with Crippen LogP contribution in [-0.4, -0.2) is 35.6 Å². The Hall–Kier alpha value is -1.14. The number of carbonyl (C=O) groups excluding carboxylic acids is 1. The van der Waals surface area contributed by atoms with Gasteiger partial charge in [-0.1, -0.05) is 13.8 Å². The van der Waals surface area contributed by atoms with E-state index in [0.717, 1.165) is 36.2 Å². The summed E-state index contributed by atoms with van der Waals surface area (Å²) in [6, 6.07) is 5.32. The molecule has 0 bridgehead atoms. The molecule has 1 fully saturated rings. The Bertz CT molecular complexity index is 557. The van der Waals surface area contributed by atoms with Crippen molar-refractivity contribution in [2.75, 3.05) is 19.7 Å². The van der Waals surface area contributed by atoms with E-state index >= 15 is 0 Å². The quantitative estimate of drug-likeness (QED) is 0.805. The third kappa shape index (κ3) is 4.68. The molecule has 1 N–H and O–H groups in total. The van der Waals surface area contributed by atoms with E-state index in [-0.39, 0.29) is 5.91 Å². The summed E-state index contributed by atoms with van der Waals surface area (Å²) < 4.78 is 6.45. The number of carbonyl (C=O) groups is 1. The molecule has 0 atom stereocenters. The molecule has 0 aromatic heterocycles. The van der Waals surface area contributed by atoms with Gasteiger partial charge < -0.3 is 9.64 Å². The Morgan fingerprint density at radius 1 is 1.41 bits per heavy atom. The van der Waals surface area contributed by atoms with Crippen molar-refractivity contribution in [1.29, 1.82) is 0 Å². The summed E-state index contributed by atoms with van der Waals surface area (Å²) in [5, 5.41) is 3.30. The van der Waals surface area contributed by atoms with E-state index in [0.29, 0.717) is 23.2 Å². The standard InChI is InChI=1S/C16H21BrN2O2S/c1-11(2)10-21-14-6-5-12(9-13(14)17)15(20)18-16(22)19-7-3-4-8-19/h5-6,9,11H,3-4,7-8,10H2,1-2H3,(H,18,20,22). The summed E-state index contributed by atoms with van der Waals surface area (Å²) in [5.41, 5.74) is 0.560. The zero-order valence-electron chi connectivity index (χ0n) is 12.9. The van der Waals surface area contributed by atoms with Crippen LogP contribution in [0, 0.1) is 5.92 Å². The minimum Gasteiger partial charge on any atom is -0.492 e. The van der Waals surface area contributed by atoms with Crippen molar-refractivity contribution in [3.63, 3.8) is 0 Å². The van der Waals surface area contributed by atoms with Gasteiger partial charge in [-0.25, -0.2) is 0 Å². The second-order valence-corrected chi connectivity index (χ2v) is 7.04. The maximum Gasteiger partial charge on any atom is 0.257 e. The molecule has 22 heavy (non-hydrogen) atoms. The first-order valence-corrected chi connectivity index (χ1v) is 8.70. The number of nitrogens with zero attached hydrogens (tertiary/aromatic N) is 1. The second-order valence-electron chi connectivity index (χ2n) is 5.80. The van der Waals surface area contributed by atoms with Crippen LogP contribution in [0.4, 0.5) is 0 Å². The molecule has 1 heterocycles. The molecule has 1 saturated heterocycles. The highest BCUT2D eigenvalue weighted by molar-refractivity contribution is 9.10. The minimum absolute atomic E-state index is 0.187. The van der Waals surface area contributed by atoms with Gasteiger partial charge in [-0.05, 0) is 65.1 Å². The molecule has 120 valence electrons. The van der Waals surface area contributed by atoms with Crippen LogP contribution >= 0.6 is 28.1 Å². The van der Waals surface area contributed by atoms with Gasteiger partial charge in [-0.3, -0.25) is 10.1 Å². The van der Waals surface area contributed by atoms with Crippen LogP contribution in [-0.2, 0) is 0 Å². The highest BCUT2D eigenvalue weighted by atomic mass is 79.9. The number of rotatable bonds is 4. The summed E-state index contributed by atoms with van der Waals surface area (Å²) in [5.74, 6) is 1.01. The average Bonchev–Trinajstić information content (AvgIpc) is 2.99. The number of ether oxygens (including phenoxy) is 1. The second kappa shape index (κ2) is 7.92. The monoisotopic (exact) mass is 384 g/mol. The van der Waals surface area contributed by atoms with Gasteiger partial charge in [0.05, 0.1) is 11.1 Å². The molecule has 0 unspecified atom stereocenters. The Balaban J connectivity index is 1.97. The van der Waals surface area contributed by atoms with Gasteiger partial charge in [0, 0.05) is 18.7 Å². The number of amides is 1. The predicted molar refractivity (Wildman–Crippen MR) is 95.3 cm³/mol. The van der Waals surface area contributed by atoms with Crippen molar-refractivity contribution < 1.29 is 9.53 Å². The summed E-state index contributed by atoms with van der Waals surface area (Å²) in [6.45, 7) is 6.67. The van der Waals surface area contributed by atoms with Crippen LogP contribution in [0.1, 0.15) is 37.0 Å². The molecule has 1 aromatic rings. The summed E-state index contributed by atoms with van der Waals surface area (Å²) in [6.07, 6.45) is 2.26. The van der Waals surface area contributed by atoms with Gasteiger partial charge >= 0.3 is 0 Å². The first-order valence-electron chi connectivity index (χ1n) is 7.50. The zero-order valence-corrected chi connectivity index (χ0v) is 15.3. The van der Waals surface area contributed by atoms with Crippen molar-refractivity contribution in [2.45, 2.75) is 26.7 Å². The molecule has 0 saturated carbocycles. The molecule has 1 aliphatic rings. The lowest BCUT2D eigenvalue weighted by Crippen LogP contribution is -2.41. The van der Waals surface area contributed by atoms with Crippen LogP contribution in [0.3, 0.4) is 0 Å². The van der Waals surface area contributed by atoms with Crippen molar-refractivity contribution >= 4 is 39.2 Å². The zero-order chi connectivity index (χ0) is 16.1. The van der Waals surface area contributed by atoms with Crippen molar-refractivity contribution in [2.24, 2.45) is 5.92 Å². The van der Waals surface area contributed by atoms with Crippen LogP contribution in [0.2, 0.25) is 0 Å². The number of hydrogen-bond acceptors (Lipinski definition) is 3. The van der Waals surface area contributed by atoms with Gasteiger partial charge in [0.2, 0.25) is 0 Å². The van der Waals surface area contributed by atoms with Gasteiger partial charge in [0.15, 0.2) is 5.11 Å². The van der Waals surface area contributed by atoms with Gasteiger partial charge in [-0.15, -0.1) is 0 Å². The van der Waals surface area contributed by atoms with Gasteiger partial charge in [-0.2, -0.15) is 0 Å². The molecule has 0 spiro atoms. The molecular weight excluding hydrogens is 364 g/mol. The van der Waals surface area contributed by atoms with Crippen molar-refractivity contribution in [3.8, 4) is 5.75 Å². The number of benzene rings is 1. The molecule has 1 aliphatic heterocycles. The largest absolute Gasteiger partial charge is 0.492 e. The molecule has 2 rings (SSSR count). The van der Waals surface area contributed by atoms with E-state index in [4.69, 9.17) is 17.0 Å². The van der Waals surface area contributed by atoms with Crippen molar-refractivity contribution in [1.82, 2.24) is 10.2 Å². The number of thiocarbonyl (C=S) groups is 1. The fraction of sp³-hybridized carbons (Fsp3) is 0.500. The number of likely N-dealkylation sites (tertiary alicyclic amines) is 1. The Kier molecular flexibility index (Phi) is 6.20. The van der Waals surface area contributed by atoms with E-state index in [9.17, 15) is 4.79 Å². The van der Waals surface area contributed by atoms with Crippen LogP contribution < -0.4 is 10.1 Å². The lowest BCUT2D eigenvalue weighted by atomic mass is 10.2. The summed E-state index contributed by atoms with van der Waals surface area (Å²) in [4.78, 5) is 14.3. The molecule has 0 aliphatic carbocycles. The molecule has 6 heteroatoms.